The van der Waals surface area contributed by atoms with Crippen LogP contribution in [0.25, 0.3) is 0 Å². The van der Waals surface area contributed by atoms with E-state index in [0.29, 0.717) is 19.3 Å². The third-order valence-electron chi connectivity index (χ3n) is 11.3. The van der Waals surface area contributed by atoms with Gasteiger partial charge in [-0.15, -0.1) is 0 Å². The molecule has 1 unspecified atom stereocenters. The minimum atomic E-state index is -0.797. The molecule has 66 heavy (non-hydrogen) atoms. The third-order valence-corrected chi connectivity index (χ3v) is 11.3. The van der Waals surface area contributed by atoms with Crippen LogP contribution in [0, 0.1) is 0 Å². The smallest absolute Gasteiger partial charge is 0.306 e. The van der Waals surface area contributed by atoms with Gasteiger partial charge in [-0.3, -0.25) is 14.4 Å². The zero-order chi connectivity index (χ0) is 47.9. The molecule has 0 saturated carbocycles. The monoisotopic (exact) mass is 917 g/mol. The Balaban J connectivity index is 4.43. The second-order valence-electron chi connectivity index (χ2n) is 17.7. The van der Waals surface area contributed by atoms with Gasteiger partial charge >= 0.3 is 17.9 Å². The summed E-state index contributed by atoms with van der Waals surface area (Å²) in [5.41, 5.74) is 0. The molecule has 0 spiro atoms. The van der Waals surface area contributed by atoms with E-state index in [2.05, 4.69) is 118 Å². The Morgan fingerprint density at radius 1 is 0.318 bits per heavy atom. The van der Waals surface area contributed by atoms with Crippen LogP contribution in [0.15, 0.2) is 97.2 Å². The van der Waals surface area contributed by atoms with E-state index in [1.165, 1.54) is 64.2 Å². The van der Waals surface area contributed by atoms with Crippen molar-refractivity contribution in [3.8, 4) is 0 Å². The van der Waals surface area contributed by atoms with Gasteiger partial charge in [0, 0.05) is 19.3 Å². The topological polar surface area (TPSA) is 78.9 Å². The molecule has 0 aromatic heterocycles. The van der Waals surface area contributed by atoms with Crippen molar-refractivity contribution in [3.63, 3.8) is 0 Å². The van der Waals surface area contributed by atoms with Gasteiger partial charge in [0.15, 0.2) is 6.10 Å². The lowest BCUT2D eigenvalue weighted by atomic mass is 10.1. The zero-order valence-corrected chi connectivity index (χ0v) is 42.9. The summed E-state index contributed by atoms with van der Waals surface area (Å²) in [6.45, 7) is 6.43. The normalized spacial score (nSPS) is 12.8. The molecule has 1 atom stereocenters. The average molecular weight is 917 g/mol. The summed E-state index contributed by atoms with van der Waals surface area (Å²) in [5, 5.41) is 0. The summed E-state index contributed by atoms with van der Waals surface area (Å²) in [6.07, 6.45) is 71.0. The summed E-state index contributed by atoms with van der Waals surface area (Å²) in [5.74, 6) is -0.937. The lowest BCUT2D eigenvalue weighted by Gasteiger charge is -2.18. The Morgan fingerprint density at radius 2 is 0.606 bits per heavy atom. The van der Waals surface area contributed by atoms with Gasteiger partial charge in [-0.05, 0) is 116 Å². The molecule has 6 heteroatoms. The highest BCUT2D eigenvalue weighted by Crippen LogP contribution is 2.13. The summed E-state index contributed by atoms with van der Waals surface area (Å²) in [6, 6.07) is 0. The molecular weight excluding hydrogens is 817 g/mol. The number of esters is 3. The van der Waals surface area contributed by atoms with Gasteiger partial charge in [-0.1, -0.05) is 208 Å². The molecule has 0 aliphatic heterocycles. The number of rotatable bonds is 48. The van der Waals surface area contributed by atoms with Gasteiger partial charge in [0.05, 0.1) is 0 Å². The molecule has 0 aliphatic rings. The van der Waals surface area contributed by atoms with E-state index in [4.69, 9.17) is 14.2 Å². The summed E-state index contributed by atoms with van der Waals surface area (Å²) in [7, 11) is 0. The second-order valence-corrected chi connectivity index (χ2v) is 17.7. The van der Waals surface area contributed by atoms with Crippen molar-refractivity contribution in [2.45, 2.75) is 252 Å². The van der Waals surface area contributed by atoms with Crippen LogP contribution in [-0.2, 0) is 28.6 Å². The molecule has 0 aromatic carbocycles. The van der Waals surface area contributed by atoms with E-state index in [1.807, 2.05) is 0 Å². The summed E-state index contributed by atoms with van der Waals surface area (Å²) in [4.78, 5) is 38.0. The maximum Gasteiger partial charge on any atom is 0.306 e. The molecular formula is C60H100O6. The van der Waals surface area contributed by atoms with Crippen molar-refractivity contribution in [1.82, 2.24) is 0 Å². The van der Waals surface area contributed by atoms with Gasteiger partial charge in [0.2, 0.25) is 0 Å². The first-order valence-corrected chi connectivity index (χ1v) is 27.2. The van der Waals surface area contributed by atoms with Crippen LogP contribution in [0.2, 0.25) is 0 Å². The van der Waals surface area contributed by atoms with Gasteiger partial charge in [0.25, 0.3) is 0 Å². The Bertz CT molecular complexity index is 1330. The predicted octanol–water partition coefficient (Wildman–Crippen LogP) is 18.1. The highest BCUT2D eigenvalue weighted by atomic mass is 16.6. The minimum absolute atomic E-state index is 0.0947. The van der Waals surface area contributed by atoms with Crippen molar-refractivity contribution >= 4 is 17.9 Å². The Morgan fingerprint density at radius 3 is 0.985 bits per heavy atom. The second kappa shape index (κ2) is 53.9. The molecule has 0 amide bonds. The van der Waals surface area contributed by atoms with Gasteiger partial charge in [-0.2, -0.15) is 0 Å². The minimum Gasteiger partial charge on any atom is -0.462 e. The fourth-order valence-corrected chi connectivity index (χ4v) is 7.18. The lowest BCUT2D eigenvalue weighted by Crippen LogP contribution is -2.30. The first-order valence-electron chi connectivity index (χ1n) is 27.2. The molecule has 6 nitrogen and oxygen atoms in total. The molecule has 0 aromatic rings. The third kappa shape index (κ3) is 51.3. The van der Waals surface area contributed by atoms with Gasteiger partial charge < -0.3 is 14.2 Å². The van der Waals surface area contributed by atoms with Gasteiger partial charge in [0.1, 0.15) is 13.2 Å². The van der Waals surface area contributed by atoms with Gasteiger partial charge in [-0.25, -0.2) is 0 Å². The van der Waals surface area contributed by atoms with Crippen LogP contribution in [0.5, 0.6) is 0 Å². The zero-order valence-electron chi connectivity index (χ0n) is 42.9. The molecule has 0 fully saturated rings. The molecule has 0 saturated heterocycles. The van der Waals surface area contributed by atoms with E-state index < -0.39 is 6.10 Å². The number of ether oxygens (including phenoxy) is 3. The fraction of sp³-hybridized carbons (Fsp3) is 0.683. The number of carbonyl (C=O) groups is 3. The van der Waals surface area contributed by atoms with Crippen LogP contribution in [0.3, 0.4) is 0 Å². The molecule has 0 N–H and O–H groups in total. The average Bonchev–Trinajstić information content (AvgIpc) is 3.31. The molecule has 376 valence electrons. The van der Waals surface area contributed by atoms with Crippen molar-refractivity contribution < 1.29 is 28.6 Å². The quantitative estimate of drug-likeness (QED) is 0.0262. The lowest BCUT2D eigenvalue weighted by molar-refractivity contribution is -0.167. The first kappa shape index (κ1) is 62.3. The van der Waals surface area contributed by atoms with E-state index in [1.54, 1.807) is 0 Å². The highest BCUT2D eigenvalue weighted by Gasteiger charge is 2.19. The predicted molar refractivity (Wildman–Crippen MR) is 284 cm³/mol. The van der Waals surface area contributed by atoms with E-state index in [-0.39, 0.29) is 31.1 Å². The highest BCUT2D eigenvalue weighted by molar-refractivity contribution is 5.71. The first-order chi connectivity index (χ1) is 32.5. The maximum absolute atomic E-state index is 12.8. The molecule has 0 bridgehead atoms. The Kier molecular flexibility index (Phi) is 50.9. The number of carbonyl (C=O) groups excluding carboxylic acids is 3. The van der Waals surface area contributed by atoms with Crippen LogP contribution >= 0.6 is 0 Å². The number of allylic oxidation sites excluding steroid dienone is 16. The standard InChI is InChI=1S/C60H100O6/c1-4-7-10-13-16-19-22-25-27-28-29-30-31-32-33-36-38-41-44-47-50-53-59(62)65-56-57(55-64-58(61)52-49-46-43-40-37-34-24-21-18-15-12-9-6-3)66-60(63)54-51-48-45-42-39-35-26-23-20-17-14-11-8-5-2/h7,10,14,16-17,19,21,23-27,29-30,32-33,57H,4-6,8-9,11-13,15,18,20,22,28,31,34-56H2,1-3H3/b10-7-,17-14-,19-16-,24-21-,26-23-,27-25-,30-29-,33-32-. The van der Waals surface area contributed by atoms with Crippen molar-refractivity contribution in [2.24, 2.45) is 0 Å². The van der Waals surface area contributed by atoms with E-state index >= 15 is 0 Å². The van der Waals surface area contributed by atoms with Crippen LogP contribution in [0.1, 0.15) is 245 Å². The van der Waals surface area contributed by atoms with E-state index in [0.717, 1.165) is 141 Å². The number of hydrogen-bond acceptors (Lipinski definition) is 6. The summed E-state index contributed by atoms with van der Waals surface area (Å²) >= 11 is 0. The van der Waals surface area contributed by atoms with Crippen molar-refractivity contribution in [1.29, 1.82) is 0 Å². The van der Waals surface area contributed by atoms with Crippen molar-refractivity contribution in [3.05, 3.63) is 97.2 Å². The largest absolute Gasteiger partial charge is 0.462 e. The fourth-order valence-electron chi connectivity index (χ4n) is 7.18. The number of unbranched alkanes of at least 4 members (excludes halogenated alkanes) is 21. The van der Waals surface area contributed by atoms with Crippen LogP contribution in [0.4, 0.5) is 0 Å². The van der Waals surface area contributed by atoms with Crippen LogP contribution < -0.4 is 0 Å². The molecule has 0 aliphatic carbocycles. The number of hydrogen-bond donors (Lipinski definition) is 0. The molecule has 0 radical (unpaired) electrons. The molecule has 0 heterocycles. The van der Waals surface area contributed by atoms with E-state index in [9.17, 15) is 14.4 Å². The SMILES string of the molecule is CC/C=C\C/C=C\C/C=C\C/C=C\C/C=C\CCCCCCCC(=O)OCC(COC(=O)CCCCCCC/C=C\CCCCCC)OC(=O)CCCCCCC/C=C\C/C=C\CCCC. The Hall–Kier alpha value is -3.67. The summed E-state index contributed by atoms with van der Waals surface area (Å²) < 4.78 is 16.8. The van der Waals surface area contributed by atoms with Crippen molar-refractivity contribution in [2.75, 3.05) is 13.2 Å². The maximum atomic E-state index is 12.8. The molecule has 0 rings (SSSR count). The van der Waals surface area contributed by atoms with Crippen LogP contribution in [-0.4, -0.2) is 37.2 Å². The Labute approximate surface area is 407 Å².